The highest BCUT2D eigenvalue weighted by atomic mass is 16.5. The SMILES string of the molecule is COC(=O)c1ccc2c(c1)NC(=O)/C2=C(\Nc1ccc(NC(=O)CN2CCN(C)CC2)cc1)c1ccccc1. The normalized spacial score (nSPS) is 16.7. The Labute approximate surface area is 227 Å². The van der Waals surface area contributed by atoms with Crippen molar-refractivity contribution < 1.29 is 19.1 Å². The van der Waals surface area contributed by atoms with Crippen LogP contribution in [0.15, 0.2) is 72.8 Å². The second kappa shape index (κ2) is 11.5. The van der Waals surface area contributed by atoms with Crippen LogP contribution in [0.2, 0.25) is 0 Å². The number of fused-ring (bicyclic) bond motifs is 1. The maximum absolute atomic E-state index is 13.2. The summed E-state index contributed by atoms with van der Waals surface area (Å²) in [4.78, 5) is 42.1. The molecule has 0 aliphatic carbocycles. The van der Waals surface area contributed by atoms with Crippen molar-refractivity contribution in [2.24, 2.45) is 0 Å². The van der Waals surface area contributed by atoms with E-state index in [0.717, 1.165) is 37.4 Å². The fourth-order valence-electron chi connectivity index (χ4n) is 4.74. The molecular weight excluding hydrogens is 494 g/mol. The smallest absolute Gasteiger partial charge is 0.337 e. The minimum Gasteiger partial charge on any atom is -0.465 e. The number of methoxy groups -OCH3 is 1. The van der Waals surface area contributed by atoms with Gasteiger partial charge in [-0.2, -0.15) is 0 Å². The van der Waals surface area contributed by atoms with Crippen molar-refractivity contribution in [3.05, 3.63) is 89.5 Å². The van der Waals surface area contributed by atoms with Crippen LogP contribution < -0.4 is 16.0 Å². The van der Waals surface area contributed by atoms with E-state index in [1.807, 2.05) is 54.6 Å². The number of esters is 1. The summed E-state index contributed by atoms with van der Waals surface area (Å²) in [5.41, 5.74) is 4.98. The maximum atomic E-state index is 13.2. The van der Waals surface area contributed by atoms with Gasteiger partial charge < -0.3 is 25.6 Å². The Kier molecular flexibility index (Phi) is 7.72. The molecule has 2 amide bonds. The molecule has 2 heterocycles. The van der Waals surface area contributed by atoms with E-state index in [0.29, 0.717) is 40.3 Å². The van der Waals surface area contributed by atoms with Crippen molar-refractivity contribution in [2.45, 2.75) is 0 Å². The molecule has 3 aromatic rings. The van der Waals surface area contributed by atoms with Crippen LogP contribution in [0.25, 0.3) is 11.3 Å². The van der Waals surface area contributed by atoms with Gasteiger partial charge in [-0.25, -0.2) is 4.79 Å². The van der Waals surface area contributed by atoms with E-state index in [4.69, 9.17) is 4.74 Å². The van der Waals surface area contributed by atoms with Gasteiger partial charge in [-0.05, 0) is 49.0 Å². The van der Waals surface area contributed by atoms with Gasteiger partial charge in [0.2, 0.25) is 5.91 Å². The molecule has 0 aromatic heterocycles. The molecule has 2 aliphatic heterocycles. The van der Waals surface area contributed by atoms with Crippen molar-refractivity contribution >= 4 is 46.1 Å². The molecule has 39 heavy (non-hydrogen) atoms. The lowest BCUT2D eigenvalue weighted by molar-refractivity contribution is -0.117. The number of rotatable bonds is 7. The highest BCUT2D eigenvalue weighted by Gasteiger charge is 2.29. The molecule has 1 fully saturated rings. The molecule has 0 unspecified atom stereocenters. The molecule has 0 bridgehead atoms. The minimum absolute atomic E-state index is 0.0436. The number of amides is 2. The van der Waals surface area contributed by atoms with Gasteiger partial charge in [-0.3, -0.25) is 14.5 Å². The zero-order valence-corrected chi connectivity index (χ0v) is 22.0. The van der Waals surface area contributed by atoms with Crippen molar-refractivity contribution in [1.29, 1.82) is 0 Å². The molecule has 0 spiro atoms. The van der Waals surface area contributed by atoms with Gasteiger partial charge in [0.25, 0.3) is 5.91 Å². The Morgan fingerprint density at radius 1 is 0.872 bits per heavy atom. The van der Waals surface area contributed by atoms with Crippen LogP contribution in [0.3, 0.4) is 0 Å². The number of nitrogens with one attached hydrogen (secondary N) is 3. The molecule has 5 rings (SSSR count). The molecule has 9 nitrogen and oxygen atoms in total. The summed E-state index contributed by atoms with van der Waals surface area (Å²) in [6.07, 6.45) is 0. The molecule has 0 radical (unpaired) electrons. The second-order valence-electron chi connectivity index (χ2n) is 9.65. The van der Waals surface area contributed by atoms with Crippen LogP contribution in [-0.2, 0) is 14.3 Å². The molecule has 0 saturated carbocycles. The lowest BCUT2D eigenvalue weighted by atomic mass is 9.99. The van der Waals surface area contributed by atoms with Gasteiger partial charge in [-0.1, -0.05) is 36.4 Å². The summed E-state index contributed by atoms with van der Waals surface area (Å²) in [5.74, 6) is -0.786. The Morgan fingerprint density at radius 3 is 2.21 bits per heavy atom. The molecule has 1 saturated heterocycles. The predicted molar refractivity (Wildman–Crippen MR) is 152 cm³/mol. The Hall–Kier alpha value is -4.47. The standard InChI is InChI=1S/C30H31N5O4/c1-34-14-16-35(17-15-34)19-26(36)31-22-9-11-23(12-10-22)32-28(20-6-4-3-5-7-20)27-24-13-8-21(30(38)39-2)18-25(24)33-29(27)37/h3-13,18,32H,14-17,19H2,1-2H3,(H,31,36)(H,33,37)/b28-27-. The van der Waals surface area contributed by atoms with Gasteiger partial charge in [0.15, 0.2) is 0 Å². The van der Waals surface area contributed by atoms with Crippen LogP contribution in [0.4, 0.5) is 17.1 Å². The van der Waals surface area contributed by atoms with Gasteiger partial charge in [-0.15, -0.1) is 0 Å². The number of carbonyl (C=O) groups excluding carboxylic acids is 3. The van der Waals surface area contributed by atoms with E-state index in [1.165, 1.54) is 7.11 Å². The van der Waals surface area contributed by atoms with E-state index in [-0.39, 0.29) is 11.8 Å². The fraction of sp³-hybridized carbons (Fsp3) is 0.233. The highest BCUT2D eigenvalue weighted by Crippen LogP contribution is 2.38. The van der Waals surface area contributed by atoms with Crippen LogP contribution in [0.5, 0.6) is 0 Å². The summed E-state index contributed by atoms with van der Waals surface area (Å²) >= 11 is 0. The van der Waals surface area contributed by atoms with Crippen molar-refractivity contribution in [3.8, 4) is 0 Å². The molecule has 2 aliphatic rings. The topological polar surface area (TPSA) is 103 Å². The predicted octanol–water partition coefficient (Wildman–Crippen LogP) is 3.59. The number of likely N-dealkylation sites (N-methyl/N-ethyl adjacent to an activating group) is 1. The number of hydrogen-bond donors (Lipinski definition) is 3. The number of anilines is 3. The van der Waals surface area contributed by atoms with Crippen LogP contribution in [-0.4, -0.2) is 74.5 Å². The third-order valence-corrected chi connectivity index (χ3v) is 6.90. The summed E-state index contributed by atoms with van der Waals surface area (Å²) < 4.78 is 4.81. The zero-order chi connectivity index (χ0) is 27.4. The van der Waals surface area contributed by atoms with Gasteiger partial charge in [0, 0.05) is 43.1 Å². The van der Waals surface area contributed by atoms with E-state index in [2.05, 4.69) is 32.8 Å². The summed E-state index contributed by atoms with van der Waals surface area (Å²) in [7, 11) is 3.41. The first-order chi connectivity index (χ1) is 18.9. The Balaban J connectivity index is 1.37. The van der Waals surface area contributed by atoms with Gasteiger partial charge in [0.1, 0.15) is 0 Å². The number of carbonyl (C=O) groups is 3. The lowest BCUT2D eigenvalue weighted by Gasteiger charge is -2.31. The number of ether oxygens (including phenoxy) is 1. The average Bonchev–Trinajstić information content (AvgIpc) is 3.28. The number of piperazine rings is 1. The first-order valence-electron chi connectivity index (χ1n) is 12.8. The quantitative estimate of drug-likeness (QED) is 0.320. The average molecular weight is 526 g/mol. The van der Waals surface area contributed by atoms with E-state index in [9.17, 15) is 14.4 Å². The molecule has 0 atom stereocenters. The molecular formula is C30H31N5O4. The highest BCUT2D eigenvalue weighted by molar-refractivity contribution is 6.37. The van der Waals surface area contributed by atoms with Crippen molar-refractivity contribution in [2.75, 3.05) is 62.8 Å². The van der Waals surface area contributed by atoms with Gasteiger partial charge >= 0.3 is 5.97 Å². The van der Waals surface area contributed by atoms with E-state index in [1.54, 1.807) is 18.2 Å². The van der Waals surface area contributed by atoms with Gasteiger partial charge in [0.05, 0.1) is 36.2 Å². The number of benzene rings is 3. The summed E-state index contributed by atoms with van der Waals surface area (Å²) in [5, 5.41) is 9.25. The minimum atomic E-state index is -0.471. The maximum Gasteiger partial charge on any atom is 0.337 e. The second-order valence-corrected chi connectivity index (χ2v) is 9.65. The fourth-order valence-corrected chi connectivity index (χ4v) is 4.74. The van der Waals surface area contributed by atoms with Crippen molar-refractivity contribution in [1.82, 2.24) is 9.80 Å². The zero-order valence-electron chi connectivity index (χ0n) is 22.0. The molecule has 9 heteroatoms. The number of nitrogens with zero attached hydrogens (tertiary/aromatic N) is 2. The van der Waals surface area contributed by atoms with Crippen LogP contribution in [0, 0.1) is 0 Å². The van der Waals surface area contributed by atoms with Crippen molar-refractivity contribution in [3.63, 3.8) is 0 Å². The van der Waals surface area contributed by atoms with Crippen LogP contribution >= 0.6 is 0 Å². The molecule has 3 aromatic carbocycles. The molecule has 3 N–H and O–H groups in total. The largest absolute Gasteiger partial charge is 0.465 e. The Morgan fingerprint density at radius 2 is 1.54 bits per heavy atom. The monoisotopic (exact) mass is 525 g/mol. The Bertz CT molecular complexity index is 1410. The van der Waals surface area contributed by atoms with E-state index < -0.39 is 5.97 Å². The summed E-state index contributed by atoms with van der Waals surface area (Å²) in [6.45, 7) is 4.04. The lowest BCUT2D eigenvalue weighted by Crippen LogP contribution is -2.47. The first kappa shape index (κ1) is 26.1. The summed E-state index contributed by atoms with van der Waals surface area (Å²) in [6, 6.07) is 22.0. The third-order valence-electron chi connectivity index (χ3n) is 6.90. The van der Waals surface area contributed by atoms with Crippen LogP contribution in [0.1, 0.15) is 21.5 Å². The number of hydrogen-bond acceptors (Lipinski definition) is 7. The third kappa shape index (κ3) is 6.00. The van der Waals surface area contributed by atoms with E-state index >= 15 is 0 Å². The molecule has 200 valence electrons. The first-order valence-corrected chi connectivity index (χ1v) is 12.8.